The predicted molar refractivity (Wildman–Crippen MR) is 79.9 cm³/mol. The molecule has 1 amide bonds. The van der Waals surface area contributed by atoms with Gasteiger partial charge in [0.1, 0.15) is 11.4 Å². The van der Waals surface area contributed by atoms with E-state index in [0.29, 0.717) is 18.8 Å². The maximum absolute atomic E-state index is 11.4. The second kappa shape index (κ2) is 7.49. The summed E-state index contributed by atoms with van der Waals surface area (Å²) in [6.07, 6.45) is 4.09. The standard InChI is InChI=1S/C14H22N4O2/c1-14(2,3)20-13(19)16-10-5-4-7-11-8-6-9-12(17-11)18-15/h4,6-9H,5,10,15H2,1-3H3,(H,16,19)(H,17,18). The molecular weight excluding hydrogens is 256 g/mol. The summed E-state index contributed by atoms with van der Waals surface area (Å²) in [5.41, 5.74) is 2.82. The average Bonchev–Trinajstić information content (AvgIpc) is 2.36. The van der Waals surface area contributed by atoms with Gasteiger partial charge < -0.3 is 15.5 Å². The zero-order valence-electron chi connectivity index (χ0n) is 12.1. The first-order valence-corrected chi connectivity index (χ1v) is 6.48. The monoisotopic (exact) mass is 278 g/mol. The first-order chi connectivity index (χ1) is 9.40. The van der Waals surface area contributed by atoms with E-state index in [0.717, 1.165) is 5.69 Å². The molecule has 0 aromatic carbocycles. The minimum atomic E-state index is -0.473. The molecule has 0 fully saturated rings. The molecule has 0 aliphatic rings. The van der Waals surface area contributed by atoms with Gasteiger partial charge in [0, 0.05) is 6.54 Å². The van der Waals surface area contributed by atoms with Crippen molar-refractivity contribution in [3.8, 4) is 0 Å². The number of nitrogens with zero attached hydrogens (tertiary/aromatic N) is 1. The molecule has 1 aromatic rings. The highest BCUT2D eigenvalue weighted by Crippen LogP contribution is 2.07. The fourth-order valence-electron chi connectivity index (χ4n) is 1.40. The van der Waals surface area contributed by atoms with Gasteiger partial charge in [-0.25, -0.2) is 15.6 Å². The van der Waals surface area contributed by atoms with Crippen LogP contribution in [0.15, 0.2) is 24.3 Å². The van der Waals surface area contributed by atoms with Gasteiger partial charge in [0.2, 0.25) is 0 Å². The van der Waals surface area contributed by atoms with E-state index in [1.165, 1.54) is 0 Å². The number of pyridine rings is 1. The summed E-state index contributed by atoms with van der Waals surface area (Å²) < 4.78 is 5.12. The highest BCUT2D eigenvalue weighted by molar-refractivity contribution is 5.67. The third-order valence-corrected chi connectivity index (χ3v) is 2.19. The Labute approximate surface area is 119 Å². The van der Waals surface area contributed by atoms with Gasteiger partial charge in [0.05, 0.1) is 5.69 Å². The number of nitrogens with two attached hydrogens (primary N) is 1. The van der Waals surface area contributed by atoms with Crippen LogP contribution in [0.25, 0.3) is 6.08 Å². The highest BCUT2D eigenvalue weighted by Gasteiger charge is 2.15. The van der Waals surface area contributed by atoms with Crippen molar-refractivity contribution >= 4 is 18.0 Å². The smallest absolute Gasteiger partial charge is 0.407 e. The van der Waals surface area contributed by atoms with E-state index in [4.69, 9.17) is 10.6 Å². The summed E-state index contributed by atoms with van der Waals surface area (Å²) in [5, 5.41) is 2.68. The molecule has 6 nitrogen and oxygen atoms in total. The number of hydrazine groups is 1. The van der Waals surface area contributed by atoms with Crippen LogP contribution < -0.4 is 16.6 Å². The van der Waals surface area contributed by atoms with Crippen molar-refractivity contribution in [2.45, 2.75) is 32.8 Å². The fraction of sp³-hybridized carbons (Fsp3) is 0.429. The van der Waals surface area contributed by atoms with Crippen molar-refractivity contribution in [1.29, 1.82) is 0 Å². The number of ether oxygens (including phenoxy) is 1. The first-order valence-electron chi connectivity index (χ1n) is 6.48. The fourth-order valence-corrected chi connectivity index (χ4v) is 1.40. The van der Waals surface area contributed by atoms with Gasteiger partial charge in [-0.15, -0.1) is 0 Å². The Hall–Kier alpha value is -2.08. The van der Waals surface area contributed by atoms with Crippen molar-refractivity contribution in [2.75, 3.05) is 12.0 Å². The molecule has 20 heavy (non-hydrogen) atoms. The molecule has 0 saturated carbocycles. The second-order valence-electron chi connectivity index (χ2n) is 5.21. The molecule has 1 aromatic heterocycles. The van der Waals surface area contributed by atoms with Gasteiger partial charge in [0.15, 0.2) is 0 Å². The van der Waals surface area contributed by atoms with Crippen LogP contribution in [0.2, 0.25) is 0 Å². The molecule has 0 aliphatic heterocycles. The molecule has 110 valence electrons. The number of nitrogens with one attached hydrogen (secondary N) is 2. The van der Waals surface area contributed by atoms with E-state index < -0.39 is 11.7 Å². The average molecular weight is 278 g/mol. The Balaban J connectivity index is 2.30. The third-order valence-electron chi connectivity index (χ3n) is 2.19. The Morgan fingerprint density at radius 2 is 2.20 bits per heavy atom. The summed E-state index contributed by atoms with van der Waals surface area (Å²) in [4.78, 5) is 15.6. The lowest BCUT2D eigenvalue weighted by molar-refractivity contribution is 0.0529. The van der Waals surface area contributed by atoms with E-state index >= 15 is 0 Å². The Bertz CT molecular complexity index is 466. The molecule has 0 aliphatic carbocycles. The summed E-state index contributed by atoms with van der Waals surface area (Å²) in [5.74, 6) is 5.89. The van der Waals surface area contributed by atoms with Crippen LogP contribution in [0.3, 0.4) is 0 Å². The van der Waals surface area contributed by atoms with E-state index in [1.54, 1.807) is 6.07 Å². The van der Waals surface area contributed by atoms with Crippen LogP contribution in [-0.2, 0) is 4.74 Å². The predicted octanol–water partition coefficient (Wildman–Crippen LogP) is 2.30. The van der Waals surface area contributed by atoms with Gasteiger partial charge in [-0.05, 0) is 45.4 Å². The lowest BCUT2D eigenvalue weighted by atomic mass is 10.2. The summed E-state index contributed by atoms with van der Waals surface area (Å²) >= 11 is 0. The van der Waals surface area contributed by atoms with Crippen LogP contribution >= 0.6 is 0 Å². The number of nitrogen functional groups attached to an aromatic ring is 1. The quantitative estimate of drug-likeness (QED) is 0.437. The summed E-state index contributed by atoms with van der Waals surface area (Å²) in [6, 6.07) is 5.51. The Morgan fingerprint density at radius 3 is 2.85 bits per heavy atom. The number of amides is 1. The lowest BCUT2D eigenvalue weighted by Gasteiger charge is -2.19. The van der Waals surface area contributed by atoms with E-state index in [-0.39, 0.29) is 0 Å². The van der Waals surface area contributed by atoms with E-state index in [9.17, 15) is 4.79 Å². The lowest BCUT2D eigenvalue weighted by Crippen LogP contribution is -2.32. The van der Waals surface area contributed by atoms with E-state index in [1.807, 2.05) is 45.1 Å². The van der Waals surface area contributed by atoms with Crippen LogP contribution in [0.4, 0.5) is 10.6 Å². The van der Waals surface area contributed by atoms with Crippen molar-refractivity contribution < 1.29 is 9.53 Å². The van der Waals surface area contributed by atoms with Crippen molar-refractivity contribution in [1.82, 2.24) is 10.3 Å². The SMILES string of the molecule is CC(C)(C)OC(=O)NCCC=Cc1cccc(NN)n1. The van der Waals surface area contributed by atoms with Gasteiger partial charge >= 0.3 is 6.09 Å². The van der Waals surface area contributed by atoms with Crippen molar-refractivity contribution in [3.05, 3.63) is 30.0 Å². The zero-order valence-corrected chi connectivity index (χ0v) is 12.1. The van der Waals surface area contributed by atoms with Crippen molar-refractivity contribution in [2.24, 2.45) is 5.84 Å². The molecule has 6 heteroatoms. The Kier molecular flexibility index (Phi) is 5.99. The van der Waals surface area contributed by atoms with Gasteiger partial charge in [0.25, 0.3) is 0 Å². The largest absolute Gasteiger partial charge is 0.444 e. The summed E-state index contributed by atoms with van der Waals surface area (Å²) in [6.45, 7) is 6.00. The van der Waals surface area contributed by atoms with Crippen molar-refractivity contribution in [3.63, 3.8) is 0 Å². The Morgan fingerprint density at radius 1 is 1.45 bits per heavy atom. The number of carbonyl (C=O) groups is 1. The number of carbonyl (C=O) groups excluding carboxylic acids is 1. The zero-order chi connectivity index (χ0) is 15.0. The number of anilines is 1. The number of hydrogen-bond acceptors (Lipinski definition) is 5. The van der Waals surface area contributed by atoms with Gasteiger partial charge in [-0.1, -0.05) is 12.1 Å². The highest BCUT2D eigenvalue weighted by atomic mass is 16.6. The minimum Gasteiger partial charge on any atom is -0.444 e. The van der Waals surface area contributed by atoms with Gasteiger partial charge in [-0.3, -0.25) is 0 Å². The first kappa shape index (κ1) is 16.0. The van der Waals surface area contributed by atoms with Crippen LogP contribution in [0.5, 0.6) is 0 Å². The van der Waals surface area contributed by atoms with E-state index in [2.05, 4.69) is 15.7 Å². The number of alkyl carbamates (subject to hydrolysis) is 1. The summed E-state index contributed by atoms with van der Waals surface area (Å²) in [7, 11) is 0. The molecule has 0 bridgehead atoms. The van der Waals surface area contributed by atoms with Gasteiger partial charge in [-0.2, -0.15) is 0 Å². The molecule has 4 N–H and O–H groups in total. The molecule has 0 unspecified atom stereocenters. The third kappa shape index (κ3) is 6.75. The molecule has 0 spiro atoms. The maximum Gasteiger partial charge on any atom is 0.407 e. The second-order valence-corrected chi connectivity index (χ2v) is 5.21. The minimum absolute atomic E-state index is 0.404. The number of hydrogen-bond donors (Lipinski definition) is 3. The molecular formula is C14H22N4O2. The molecule has 0 saturated heterocycles. The number of aromatic nitrogens is 1. The van der Waals surface area contributed by atoms with Crippen LogP contribution in [-0.4, -0.2) is 23.2 Å². The maximum atomic E-state index is 11.4. The molecule has 1 heterocycles. The molecule has 0 radical (unpaired) electrons. The molecule has 1 rings (SSSR count). The normalized spacial score (nSPS) is 11.4. The van der Waals surface area contributed by atoms with Crippen LogP contribution in [0, 0.1) is 0 Å². The van der Waals surface area contributed by atoms with Crippen LogP contribution in [0.1, 0.15) is 32.9 Å². The number of rotatable bonds is 5. The molecule has 0 atom stereocenters. The topological polar surface area (TPSA) is 89.3 Å².